The molecule has 0 bridgehead atoms. The van der Waals surface area contributed by atoms with E-state index in [1.165, 1.54) is 56.4 Å². The summed E-state index contributed by atoms with van der Waals surface area (Å²) in [4.78, 5) is 2.58. The lowest BCUT2D eigenvalue weighted by Crippen LogP contribution is -3.01. The first-order valence-corrected chi connectivity index (χ1v) is 8.81. The van der Waals surface area contributed by atoms with Gasteiger partial charge >= 0.3 is 0 Å². The number of benzene rings is 1. The predicted octanol–water partition coefficient (Wildman–Crippen LogP) is 1.56. The van der Waals surface area contributed by atoms with E-state index in [1.807, 2.05) is 0 Å². The summed E-state index contributed by atoms with van der Waals surface area (Å²) in [7, 11) is 0. The van der Waals surface area contributed by atoms with Crippen molar-refractivity contribution in [1.82, 2.24) is 0 Å². The predicted molar refractivity (Wildman–Crippen MR) is 83.5 cm³/mol. The van der Waals surface area contributed by atoms with Crippen LogP contribution in [0.3, 0.4) is 0 Å². The van der Waals surface area contributed by atoms with Gasteiger partial charge in [-0.25, -0.2) is 0 Å². The van der Waals surface area contributed by atoms with Crippen molar-refractivity contribution in [3.63, 3.8) is 0 Å². The molecule has 118 valence electrons. The summed E-state index contributed by atoms with van der Waals surface area (Å²) < 4.78 is 12.4. The molecule has 1 aliphatic carbocycles. The van der Waals surface area contributed by atoms with Gasteiger partial charge in [0.15, 0.2) is 0 Å². The van der Waals surface area contributed by atoms with Gasteiger partial charge in [-0.05, 0) is 18.9 Å². The zero-order valence-electron chi connectivity index (χ0n) is 13.1. The molecule has 0 amide bonds. The Morgan fingerprint density at radius 1 is 1.05 bits per heavy atom. The van der Waals surface area contributed by atoms with Gasteiger partial charge in [0.2, 0.25) is 6.17 Å². The van der Waals surface area contributed by atoms with Crippen molar-refractivity contribution in [3.05, 3.63) is 29.8 Å². The third-order valence-electron chi connectivity index (χ3n) is 6.22. The van der Waals surface area contributed by atoms with Crippen LogP contribution in [0.1, 0.15) is 37.7 Å². The van der Waals surface area contributed by atoms with E-state index in [1.54, 1.807) is 0 Å². The second-order valence-electron chi connectivity index (χ2n) is 7.45. The lowest BCUT2D eigenvalue weighted by atomic mass is 9.72. The average molecular weight is 301 g/mol. The maximum atomic E-state index is 6.18. The summed E-state index contributed by atoms with van der Waals surface area (Å²) in [5.74, 6) is -0.535. The van der Waals surface area contributed by atoms with Gasteiger partial charge in [-0.15, -0.1) is 0 Å². The summed E-state index contributed by atoms with van der Waals surface area (Å²) in [6.07, 6.45) is 7.21. The smallest absolute Gasteiger partial charge is 0.272 e. The molecule has 2 saturated heterocycles. The molecule has 0 radical (unpaired) electrons. The number of nitrogens with zero attached hydrogens (tertiary/aromatic N) is 1. The van der Waals surface area contributed by atoms with Crippen LogP contribution in [0.5, 0.6) is 0 Å². The van der Waals surface area contributed by atoms with E-state index in [0.29, 0.717) is 18.6 Å². The zero-order valence-corrected chi connectivity index (χ0v) is 13.1. The quantitative estimate of drug-likeness (QED) is 0.790. The molecule has 1 aromatic carbocycles. The van der Waals surface area contributed by atoms with Gasteiger partial charge in [-0.1, -0.05) is 37.5 Å². The number of para-hydroxylation sites is 1. The molecule has 5 rings (SSSR count). The van der Waals surface area contributed by atoms with Crippen LogP contribution in [0.25, 0.3) is 0 Å². The van der Waals surface area contributed by atoms with Gasteiger partial charge in [0, 0.05) is 17.5 Å². The monoisotopic (exact) mass is 301 g/mol. The van der Waals surface area contributed by atoms with E-state index in [4.69, 9.17) is 9.47 Å². The van der Waals surface area contributed by atoms with Crippen LogP contribution in [0, 0.1) is 5.41 Å². The van der Waals surface area contributed by atoms with Crippen molar-refractivity contribution in [2.75, 3.05) is 31.2 Å². The van der Waals surface area contributed by atoms with Crippen LogP contribution in [-0.4, -0.2) is 32.5 Å². The van der Waals surface area contributed by atoms with Crippen molar-refractivity contribution >= 4 is 5.69 Å². The Bertz CT molecular complexity index is 576. The Hall–Kier alpha value is -1.10. The summed E-state index contributed by atoms with van der Waals surface area (Å²) >= 11 is 0. The largest absolute Gasteiger partial charge is 0.337 e. The highest BCUT2D eigenvalue weighted by molar-refractivity contribution is 5.62. The maximum Gasteiger partial charge on any atom is 0.272 e. The highest BCUT2D eigenvalue weighted by Crippen LogP contribution is 2.50. The summed E-state index contributed by atoms with van der Waals surface area (Å²) in [6, 6.07) is 8.70. The summed E-state index contributed by atoms with van der Waals surface area (Å²) in [5, 5.41) is 2.50. The Morgan fingerprint density at radius 3 is 2.64 bits per heavy atom. The number of fused-ring (bicyclic) bond motifs is 5. The molecule has 0 unspecified atom stereocenters. The molecule has 0 aromatic heterocycles. The SMILES string of the molecule is c1ccc2c(c1)N1CC3(CCCCC3)C[NH2+][C@@H]1C21OCCO1. The van der Waals surface area contributed by atoms with Crippen molar-refractivity contribution in [2.24, 2.45) is 5.41 Å². The molecule has 1 atom stereocenters. The average Bonchev–Trinajstić information content (AvgIpc) is 3.15. The fourth-order valence-corrected chi connectivity index (χ4v) is 5.21. The highest BCUT2D eigenvalue weighted by Gasteiger charge is 2.62. The Morgan fingerprint density at radius 2 is 1.82 bits per heavy atom. The Kier molecular flexibility index (Phi) is 2.85. The van der Waals surface area contributed by atoms with Gasteiger partial charge in [0.1, 0.15) is 0 Å². The lowest BCUT2D eigenvalue weighted by Gasteiger charge is -2.47. The zero-order chi connectivity index (χ0) is 14.6. The standard InChI is InChI=1S/C18H24N2O2/c1-4-8-17(9-5-1)12-19-16-18(21-10-11-22-18)14-6-2-3-7-15(14)20(16)13-17/h2-3,6-7,16,19H,1,4-5,8-13H2/p+1/t16-/m0/s1. The van der Waals surface area contributed by atoms with Crippen LogP contribution in [0.2, 0.25) is 0 Å². The van der Waals surface area contributed by atoms with E-state index in [0.717, 1.165) is 0 Å². The van der Waals surface area contributed by atoms with Crippen LogP contribution >= 0.6 is 0 Å². The molecule has 3 heterocycles. The van der Waals surface area contributed by atoms with Crippen molar-refractivity contribution in [2.45, 2.75) is 44.1 Å². The second kappa shape index (κ2) is 4.70. The Balaban J connectivity index is 1.55. The van der Waals surface area contributed by atoms with Gasteiger partial charge in [-0.3, -0.25) is 0 Å². The fourth-order valence-electron chi connectivity index (χ4n) is 5.21. The second-order valence-corrected chi connectivity index (χ2v) is 7.45. The Labute approximate surface area is 131 Å². The molecule has 2 spiro atoms. The van der Waals surface area contributed by atoms with E-state index in [-0.39, 0.29) is 6.17 Å². The van der Waals surface area contributed by atoms with Gasteiger partial charge in [0.25, 0.3) is 5.79 Å². The number of nitrogens with two attached hydrogens (primary N) is 1. The first-order valence-electron chi connectivity index (χ1n) is 8.81. The minimum atomic E-state index is -0.535. The minimum absolute atomic E-state index is 0.250. The number of ether oxygens (including phenoxy) is 2. The molecule has 4 nitrogen and oxygen atoms in total. The first-order chi connectivity index (χ1) is 10.8. The van der Waals surface area contributed by atoms with Crippen LogP contribution in [0.4, 0.5) is 5.69 Å². The summed E-state index contributed by atoms with van der Waals surface area (Å²) in [6.45, 7) is 3.80. The molecule has 4 heteroatoms. The third kappa shape index (κ3) is 1.69. The van der Waals surface area contributed by atoms with E-state index in [2.05, 4.69) is 34.5 Å². The molecular weight excluding hydrogens is 276 g/mol. The van der Waals surface area contributed by atoms with E-state index in [9.17, 15) is 0 Å². The van der Waals surface area contributed by atoms with Crippen LogP contribution in [-0.2, 0) is 15.3 Å². The molecule has 1 saturated carbocycles. The number of hydrogen-bond acceptors (Lipinski definition) is 3. The minimum Gasteiger partial charge on any atom is -0.337 e. The van der Waals surface area contributed by atoms with Gasteiger partial charge < -0.3 is 19.7 Å². The van der Waals surface area contributed by atoms with Crippen LogP contribution in [0.15, 0.2) is 24.3 Å². The molecule has 2 N–H and O–H groups in total. The highest BCUT2D eigenvalue weighted by atomic mass is 16.7. The number of anilines is 1. The van der Waals surface area contributed by atoms with E-state index < -0.39 is 5.79 Å². The third-order valence-corrected chi connectivity index (χ3v) is 6.22. The topological polar surface area (TPSA) is 38.3 Å². The van der Waals surface area contributed by atoms with Gasteiger partial charge in [0.05, 0.1) is 25.4 Å². The number of quaternary nitrogens is 1. The van der Waals surface area contributed by atoms with Crippen LogP contribution < -0.4 is 10.2 Å². The molecule has 3 aliphatic heterocycles. The molecule has 4 aliphatic rings. The fraction of sp³-hybridized carbons (Fsp3) is 0.667. The first kappa shape index (κ1) is 13.3. The number of rotatable bonds is 0. The van der Waals surface area contributed by atoms with Crippen molar-refractivity contribution in [1.29, 1.82) is 0 Å². The van der Waals surface area contributed by atoms with Crippen molar-refractivity contribution in [3.8, 4) is 0 Å². The van der Waals surface area contributed by atoms with E-state index >= 15 is 0 Å². The van der Waals surface area contributed by atoms with Gasteiger partial charge in [-0.2, -0.15) is 0 Å². The normalized spacial score (nSPS) is 31.5. The maximum absolute atomic E-state index is 6.18. The van der Waals surface area contributed by atoms with Crippen molar-refractivity contribution < 1.29 is 14.8 Å². The summed E-state index contributed by atoms with van der Waals surface area (Å²) in [5.41, 5.74) is 3.06. The molecule has 22 heavy (non-hydrogen) atoms. The molecule has 3 fully saturated rings. The molecular formula is C18H25N2O2+. The number of hydrogen-bond donors (Lipinski definition) is 1. The molecule has 1 aromatic rings. The lowest BCUT2D eigenvalue weighted by molar-refractivity contribution is -0.729.